The molecule has 0 aromatic heterocycles. The minimum Gasteiger partial charge on any atom is -0.375 e. The average Bonchev–Trinajstić information content (AvgIpc) is 2.81. The molecule has 2 fully saturated rings. The number of methoxy groups -OCH3 is 1. The Morgan fingerprint density at radius 2 is 1.83 bits per heavy atom. The van der Waals surface area contributed by atoms with Crippen LogP contribution in [0.1, 0.15) is 37.7 Å². The molecule has 0 aliphatic carbocycles. The van der Waals surface area contributed by atoms with E-state index in [9.17, 15) is 9.18 Å². The summed E-state index contributed by atoms with van der Waals surface area (Å²) in [6, 6.07) is 6.84. The van der Waals surface area contributed by atoms with Gasteiger partial charge in [-0.25, -0.2) is 4.39 Å². The van der Waals surface area contributed by atoms with Crippen molar-refractivity contribution >= 4 is 5.91 Å². The highest BCUT2D eigenvalue weighted by Gasteiger charge is 2.41. The van der Waals surface area contributed by atoms with Crippen LogP contribution in [-0.2, 0) is 16.1 Å². The first-order valence-electron chi connectivity index (χ1n) is 8.89. The summed E-state index contributed by atoms with van der Waals surface area (Å²) in [6.45, 7) is 3.76. The Bertz CT molecular complexity index is 563. The van der Waals surface area contributed by atoms with Crippen molar-refractivity contribution in [3.8, 4) is 0 Å². The number of carbonyl (C=O) groups is 1. The molecule has 132 valence electrons. The van der Waals surface area contributed by atoms with E-state index < -0.39 is 0 Å². The summed E-state index contributed by atoms with van der Waals surface area (Å²) >= 11 is 0. The smallest absolute Gasteiger partial charge is 0.248 e. The van der Waals surface area contributed by atoms with Crippen molar-refractivity contribution in [2.45, 2.75) is 44.2 Å². The predicted octanol–water partition coefficient (Wildman–Crippen LogP) is 2.82. The Morgan fingerprint density at radius 3 is 2.54 bits per heavy atom. The van der Waals surface area contributed by atoms with Gasteiger partial charge in [-0.15, -0.1) is 0 Å². The molecule has 0 bridgehead atoms. The second-order valence-electron chi connectivity index (χ2n) is 7.04. The lowest BCUT2D eigenvalue weighted by atomic mass is 9.87. The lowest BCUT2D eigenvalue weighted by molar-refractivity contribution is -0.135. The van der Waals surface area contributed by atoms with Gasteiger partial charge in [0.25, 0.3) is 0 Å². The van der Waals surface area contributed by atoms with E-state index in [1.54, 1.807) is 7.11 Å². The Morgan fingerprint density at radius 1 is 1.12 bits per heavy atom. The number of carbonyl (C=O) groups excluding carboxylic acids is 1. The highest BCUT2D eigenvalue weighted by molar-refractivity contribution is 5.77. The van der Waals surface area contributed by atoms with Crippen molar-refractivity contribution in [3.05, 3.63) is 35.6 Å². The molecule has 2 saturated heterocycles. The van der Waals surface area contributed by atoms with Crippen LogP contribution in [0.3, 0.4) is 0 Å². The number of benzene rings is 1. The number of likely N-dealkylation sites (tertiary alicyclic amines) is 2. The summed E-state index contributed by atoms with van der Waals surface area (Å²) < 4.78 is 18.1. The summed E-state index contributed by atoms with van der Waals surface area (Å²) in [5, 5.41) is 0. The van der Waals surface area contributed by atoms with E-state index >= 15 is 0 Å². The molecule has 0 unspecified atom stereocenters. The van der Waals surface area contributed by atoms with Gasteiger partial charge in [-0.05, 0) is 56.3 Å². The Hall–Kier alpha value is -1.46. The monoisotopic (exact) mass is 334 g/mol. The first-order chi connectivity index (χ1) is 11.6. The Balaban J connectivity index is 1.67. The van der Waals surface area contributed by atoms with Gasteiger partial charge in [-0.2, -0.15) is 0 Å². The van der Waals surface area contributed by atoms with Gasteiger partial charge in [-0.3, -0.25) is 9.69 Å². The molecule has 24 heavy (non-hydrogen) atoms. The molecule has 3 rings (SSSR count). The van der Waals surface area contributed by atoms with Crippen molar-refractivity contribution in [2.75, 3.05) is 33.4 Å². The van der Waals surface area contributed by atoms with Crippen LogP contribution in [-0.4, -0.2) is 54.6 Å². The third-order valence-corrected chi connectivity index (χ3v) is 5.57. The molecule has 0 radical (unpaired) electrons. The van der Waals surface area contributed by atoms with E-state index in [0.29, 0.717) is 0 Å². The quantitative estimate of drug-likeness (QED) is 0.849. The van der Waals surface area contributed by atoms with E-state index in [-0.39, 0.29) is 23.9 Å². The highest BCUT2D eigenvalue weighted by Crippen LogP contribution is 2.39. The van der Waals surface area contributed by atoms with Crippen molar-refractivity contribution < 1.29 is 13.9 Å². The molecule has 1 spiro atoms. The zero-order chi connectivity index (χ0) is 17.0. The molecule has 1 amide bonds. The SMILES string of the molecule is COCC(=O)N1CCC[C@]2(CCCN2Cc2ccc(F)cc2)CC1. The average molecular weight is 334 g/mol. The third kappa shape index (κ3) is 3.78. The second kappa shape index (κ2) is 7.62. The number of nitrogens with zero attached hydrogens (tertiary/aromatic N) is 2. The Kier molecular flexibility index (Phi) is 5.51. The summed E-state index contributed by atoms with van der Waals surface area (Å²) in [4.78, 5) is 16.6. The van der Waals surface area contributed by atoms with Crippen LogP contribution >= 0.6 is 0 Å². The van der Waals surface area contributed by atoms with Crippen LogP contribution in [0.15, 0.2) is 24.3 Å². The van der Waals surface area contributed by atoms with Gasteiger partial charge in [-0.1, -0.05) is 12.1 Å². The minimum atomic E-state index is -0.184. The van der Waals surface area contributed by atoms with Gasteiger partial charge >= 0.3 is 0 Å². The molecule has 1 atom stereocenters. The largest absolute Gasteiger partial charge is 0.375 e. The van der Waals surface area contributed by atoms with Crippen LogP contribution in [0.25, 0.3) is 0 Å². The fraction of sp³-hybridized carbons (Fsp3) is 0.632. The molecule has 2 aliphatic rings. The van der Waals surface area contributed by atoms with Gasteiger partial charge in [0.2, 0.25) is 5.91 Å². The van der Waals surface area contributed by atoms with E-state index in [4.69, 9.17) is 4.74 Å². The molecule has 1 aromatic rings. The van der Waals surface area contributed by atoms with E-state index in [0.717, 1.165) is 51.0 Å². The molecular weight excluding hydrogens is 307 g/mol. The molecule has 5 heteroatoms. The fourth-order valence-electron chi connectivity index (χ4n) is 4.26. The van der Waals surface area contributed by atoms with E-state index in [1.165, 1.54) is 25.0 Å². The van der Waals surface area contributed by atoms with Crippen molar-refractivity contribution in [1.29, 1.82) is 0 Å². The number of halogens is 1. The maximum absolute atomic E-state index is 13.1. The first-order valence-corrected chi connectivity index (χ1v) is 8.89. The molecule has 2 aliphatic heterocycles. The number of hydrogen-bond acceptors (Lipinski definition) is 3. The van der Waals surface area contributed by atoms with Crippen molar-refractivity contribution in [1.82, 2.24) is 9.80 Å². The summed E-state index contributed by atoms with van der Waals surface area (Å²) in [7, 11) is 1.57. The Labute approximate surface area is 143 Å². The van der Waals surface area contributed by atoms with Gasteiger partial charge < -0.3 is 9.64 Å². The topological polar surface area (TPSA) is 32.8 Å². The molecular formula is C19H27FN2O2. The molecule has 4 nitrogen and oxygen atoms in total. The van der Waals surface area contributed by atoms with E-state index in [1.807, 2.05) is 17.0 Å². The van der Waals surface area contributed by atoms with Crippen LogP contribution in [0.5, 0.6) is 0 Å². The molecule has 0 N–H and O–H groups in total. The predicted molar refractivity (Wildman–Crippen MR) is 91.1 cm³/mol. The maximum Gasteiger partial charge on any atom is 0.248 e. The minimum absolute atomic E-state index is 0.0950. The van der Waals surface area contributed by atoms with Crippen LogP contribution in [0.2, 0.25) is 0 Å². The highest BCUT2D eigenvalue weighted by atomic mass is 19.1. The van der Waals surface area contributed by atoms with Crippen molar-refractivity contribution in [2.24, 2.45) is 0 Å². The van der Waals surface area contributed by atoms with Crippen LogP contribution in [0, 0.1) is 5.82 Å². The van der Waals surface area contributed by atoms with E-state index in [2.05, 4.69) is 4.90 Å². The normalized spacial score (nSPS) is 25.2. The van der Waals surface area contributed by atoms with Crippen molar-refractivity contribution in [3.63, 3.8) is 0 Å². The lowest BCUT2D eigenvalue weighted by Crippen LogP contribution is -2.44. The lowest BCUT2D eigenvalue weighted by Gasteiger charge is -2.38. The molecule has 0 saturated carbocycles. The zero-order valence-corrected chi connectivity index (χ0v) is 14.5. The number of hydrogen-bond donors (Lipinski definition) is 0. The number of rotatable bonds is 4. The molecule has 2 heterocycles. The second-order valence-corrected chi connectivity index (χ2v) is 7.04. The van der Waals surface area contributed by atoms with Gasteiger partial charge in [0, 0.05) is 32.3 Å². The zero-order valence-electron chi connectivity index (χ0n) is 14.5. The number of ether oxygens (including phenoxy) is 1. The summed E-state index contributed by atoms with van der Waals surface area (Å²) in [5.41, 5.74) is 1.35. The van der Waals surface area contributed by atoms with Gasteiger partial charge in [0.15, 0.2) is 0 Å². The van der Waals surface area contributed by atoms with Crippen LogP contribution < -0.4 is 0 Å². The fourth-order valence-corrected chi connectivity index (χ4v) is 4.26. The van der Waals surface area contributed by atoms with Crippen LogP contribution in [0.4, 0.5) is 4.39 Å². The third-order valence-electron chi connectivity index (χ3n) is 5.57. The number of amides is 1. The maximum atomic E-state index is 13.1. The standard InChI is InChI=1S/C19H27FN2O2/c1-24-15-18(23)21-11-2-8-19(10-13-21)9-3-12-22(19)14-16-4-6-17(20)7-5-16/h4-7H,2-3,8-15H2,1H3/t19-/m0/s1. The van der Waals surface area contributed by atoms with Gasteiger partial charge in [0.05, 0.1) is 0 Å². The summed E-state index contributed by atoms with van der Waals surface area (Å²) in [5.74, 6) is -0.0886. The first kappa shape index (κ1) is 17.4. The summed E-state index contributed by atoms with van der Waals surface area (Å²) in [6.07, 6.45) is 5.58. The van der Waals surface area contributed by atoms with Gasteiger partial charge in [0.1, 0.15) is 12.4 Å². The molecule has 1 aromatic carbocycles.